The number of carbonyl (C=O) groups is 1. The lowest BCUT2D eigenvalue weighted by Crippen LogP contribution is -2.23. The molecule has 0 saturated heterocycles. The highest BCUT2D eigenvalue weighted by Crippen LogP contribution is 2.25. The van der Waals surface area contributed by atoms with Crippen LogP contribution in [0.3, 0.4) is 0 Å². The van der Waals surface area contributed by atoms with Gasteiger partial charge in [0.2, 0.25) is 11.7 Å². The molecule has 0 atom stereocenters. The van der Waals surface area contributed by atoms with Crippen LogP contribution in [0.2, 0.25) is 5.02 Å². The van der Waals surface area contributed by atoms with Gasteiger partial charge in [-0.2, -0.15) is 0 Å². The van der Waals surface area contributed by atoms with Gasteiger partial charge in [-0.3, -0.25) is 18.6 Å². The van der Waals surface area contributed by atoms with Crippen molar-refractivity contribution in [3.63, 3.8) is 0 Å². The first-order chi connectivity index (χ1) is 14.4. The molecule has 1 N–H and O–H groups in total. The molecule has 0 unspecified atom stereocenters. The highest BCUT2D eigenvalue weighted by molar-refractivity contribution is 7.99. The molecule has 30 heavy (non-hydrogen) atoms. The minimum atomic E-state index is -0.159. The Morgan fingerprint density at radius 1 is 1.23 bits per heavy atom. The monoisotopic (exact) mass is 461 g/mol. The molecule has 3 aromatic heterocycles. The van der Waals surface area contributed by atoms with Crippen LogP contribution in [0, 0.1) is 5.92 Å². The standard InChI is InChI=1S/C20H20ClN5O2S2/c1-12(2)7-9-25-18(28)17-15(8-10-29-17)26-19(25)23-24-20(26)30-11-16(27)22-14-5-3-13(21)4-6-14/h3-6,8,10,12H,7,9,11H2,1-2H3,(H,22,27). The Labute approximate surface area is 186 Å². The van der Waals surface area contributed by atoms with Crippen molar-refractivity contribution in [1.82, 2.24) is 19.2 Å². The van der Waals surface area contributed by atoms with Gasteiger partial charge in [-0.25, -0.2) is 0 Å². The molecule has 156 valence electrons. The first kappa shape index (κ1) is 20.9. The third-order valence-electron chi connectivity index (χ3n) is 4.57. The van der Waals surface area contributed by atoms with Gasteiger partial charge in [0, 0.05) is 17.3 Å². The fraction of sp³-hybridized carbons (Fsp3) is 0.300. The molecule has 0 bridgehead atoms. The Morgan fingerprint density at radius 2 is 2.00 bits per heavy atom. The molecule has 0 aliphatic carbocycles. The highest BCUT2D eigenvalue weighted by atomic mass is 35.5. The first-order valence-electron chi connectivity index (χ1n) is 9.47. The van der Waals surface area contributed by atoms with Crippen molar-refractivity contribution in [3.05, 3.63) is 51.1 Å². The van der Waals surface area contributed by atoms with Crippen LogP contribution < -0.4 is 10.9 Å². The van der Waals surface area contributed by atoms with E-state index in [0.29, 0.717) is 38.8 Å². The van der Waals surface area contributed by atoms with E-state index in [0.717, 1.165) is 11.9 Å². The van der Waals surface area contributed by atoms with Crippen molar-refractivity contribution in [3.8, 4) is 0 Å². The summed E-state index contributed by atoms with van der Waals surface area (Å²) in [7, 11) is 0. The fourth-order valence-electron chi connectivity index (χ4n) is 3.04. The van der Waals surface area contributed by atoms with E-state index in [-0.39, 0.29) is 17.2 Å². The summed E-state index contributed by atoms with van der Waals surface area (Å²) in [6.45, 7) is 4.82. The number of fused-ring (bicyclic) bond motifs is 3. The maximum absolute atomic E-state index is 12.9. The van der Waals surface area contributed by atoms with Crippen LogP contribution in [0.4, 0.5) is 5.69 Å². The molecule has 0 saturated carbocycles. The van der Waals surface area contributed by atoms with Gasteiger partial charge in [0.1, 0.15) is 4.70 Å². The lowest BCUT2D eigenvalue weighted by atomic mass is 10.1. The third-order valence-corrected chi connectivity index (χ3v) is 6.65. The van der Waals surface area contributed by atoms with Crippen LogP contribution in [0.1, 0.15) is 20.3 Å². The lowest BCUT2D eigenvalue weighted by Gasteiger charge is -2.10. The van der Waals surface area contributed by atoms with Gasteiger partial charge in [-0.1, -0.05) is 37.2 Å². The first-order valence-corrected chi connectivity index (χ1v) is 11.7. The summed E-state index contributed by atoms with van der Waals surface area (Å²) in [5, 5.41) is 14.5. The van der Waals surface area contributed by atoms with Crippen LogP contribution >= 0.6 is 34.7 Å². The van der Waals surface area contributed by atoms with Crippen LogP contribution in [0.5, 0.6) is 0 Å². The van der Waals surface area contributed by atoms with Crippen molar-refractivity contribution in [2.24, 2.45) is 5.92 Å². The van der Waals surface area contributed by atoms with Crippen LogP contribution in [0.15, 0.2) is 45.7 Å². The topological polar surface area (TPSA) is 81.3 Å². The molecule has 0 fully saturated rings. The molecule has 4 aromatic rings. The van der Waals surface area contributed by atoms with Crippen molar-refractivity contribution in [2.75, 3.05) is 11.1 Å². The second kappa shape index (κ2) is 8.79. The Bertz CT molecular complexity index is 1260. The number of thiophene rings is 1. The number of hydrogen-bond acceptors (Lipinski definition) is 6. The predicted molar refractivity (Wildman–Crippen MR) is 123 cm³/mol. The smallest absolute Gasteiger partial charge is 0.272 e. The number of aryl methyl sites for hydroxylation is 1. The van der Waals surface area contributed by atoms with Crippen molar-refractivity contribution in [1.29, 1.82) is 0 Å². The predicted octanol–water partition coefficient (Wildman–Crippen LogP) is 4.54. The van der Waals surface area contributed by atoms with Gasteiger partial charge in [-0.05, 0) is 48.1 Å². The second-order valence-corrected chi connectivity index (χ2v) is 9.53. The summed E-state index contributed by atoms with van der Waals surface area (Å²) >= 11 is 8.57. The van der Waals surface area contributed by atoms with Crippen molar-refractivity contribution in [2.45, 2.75) is 32.0 Å². The Balaban J connectivity index is 1.61. The summed E-state index contributed by atoms with van der Waals surface area (Å²) < 4.78 is 4.22. The van der Waals surface area contributed by atoms with E-state index in [2.05, 4.69) is 29.4 Å². The molecule has 3 heterocycles. The number of thioether (sulfide) groups is 1. The lowest BCUT2D eigenvalue weighted by molar-refractivity contribution is -0.113. The summed E-state index contributed by atoms with van der Waals surface area (Å²) in [5.41, 5.74) is 1.41. The molecule has 0 spiro atoms. The summed E-state index contributed by atoms with van der Waals surface area (Å²) in [6.07, 6.45) is 0.866. The average Bonchev–Trinajstić information content (AvgIpc) is 3.35. The Kier molecular flexibility index (Phi) is 6.12. The number of carbonyl (C=O) groups excluding carboxylic acids is 1. The normalized spacial score (nSPS) is 11.6. The van der Waals surface area contributed by atoms with E-state index in [1.165, 1.54) is 23.1 Å². The van der Waals surface area contributed by atoms with Gasteiger partial charge < -0.3 is 5.32 Å². The fourth-order valence-corrected chi connectivity index (χ4v) is 4.73. The minimum absolute atomic E-state index is 0.0439. The molecule has 1 amide bonds. The maximum atomic E-state index is 12.9. The number of benzene rings is 1. The van der Waals surface area contributed by atoms with Gasteiger partial charge >= 0.3 is 0 Å². The van der Waals surface area contributed by atoms with Crippen molar-refractivity contribution < 1.29 is 4.79 Å². The molecule has 0 aliphatic rings. The van der Waals surface area contributed by atoms with Gasteiger partial charge in [0.15, 0.2) is 5.16 Å². The third kappa shape index (κ3) is 4.23. The number of aromatic nitrogens is 4. The molecule has 0 aliphatic heterocycles. The molecule has 1 aromatic carbocycles. The summed E-state index contributed by atoms with van der Waals surface area (Å²) in [5.74, 6) is 0.977. The number of rotatable bonds is 7. The van der Waals surface area contributed by atoms with E-state index < -0.39 is 0 Å². The summed E-state index contributed by atoms with van der Waals surface area (Å²) in [6, 6.07) is 8.84. The zero-order valence-electron chi connectivity index (χ0n) is 16.5. The molecular formula is C20H20ClN5O2S2. The highest BCUT2D eigenvalue weighted by Gasteiger charge is 2.18. The zero-order valence-corrected chi connectivity index (χ0v) is 18.9. The molecule has 0 radical (unpaired) electrons. The SMILES string of the molecule is CC(C)CCn1c(=O)c2sccc2n2c(SCC(=O)Nc3ccc(Cl)cc3)nnc12. The number of nitrogens with one attached hydrogen (secondary N) is 1. The Morgan fingerprint density at radius 3 is 2.73 bits per heavy atom. The van der Waals surface area contributed by atoms with E-state index in [9.17, 15) is 9.59 Å². The molecule has 7 nitrogen and oxygen atoms in total. The number of hydrogen-bond donors (Lipinski definition) is 1. The van der Waals surface area contributed by atoms with Crippen LogP contribution in [-0.4, -0.2) is 30.8 Å². The molecular weight excluding hydrogens is 442 g/mol. The zero-order chi connectivity index (χ0) is 21.3. The number of nitrogens with zero attached hydrogens (tertiary/aromatic N) is 4. The van der Waals surface area contributed by atoms with E-state index in [1.807, 2.05) is 15.8 Å². The van der Waals surface area contributed by atoms with Crippen molar-refractivity contribution >= 4 is 62.3 Å². The quantitative estimate of drug-likeness (QED) is 0.409. The van der Waals surface area contributed by atoms with E-state index in [4.69, 9.17) is 11.6 Å². The van der Waals surface area contributed by atoms with Crippen LogP contribution in [-0.2, 0) is 11.3 Å². The van der Waals surface area contributed by atoms with E-state index >= 15 is 0 Å². The second-order valence-electron chi connectivity index (χ2n) is 7.24. The maximum Gasteiger partial charge on any atom is 0.272 e. The van der Waals surface area contributed by atoms with Crippen LogP contribution in [0.25, 0.3) is 16.0 Å². The summed E-state index contributed by atoms with van der Waals surface area (Å²) in [4.78, 5) is 25.3. The number of anilines is 1. The Hall–Kier alpha value is -2.36. The van der Waals surface area contributed by atoms with E-state index in [1.54, 1.807) is 28.8 Å². The van der Waals surface area contributed by atoms with Gasteiger partial charge in [0.05, 0.1) is 11.3 Å². The number of halogens is 1. The molecule has 10 heteroatoms. The molecule has 4 rings (SSSR count). The van der Waals surface area contributed by atoms with Gasteiger partial charge in [0.25, 0.3) is 5.56 Å². The number of amides is 1. The van der Waals surface area contributed by atoms with Gasteiger partial charge in [-0.15, -0.1) is 21.5 Å². The largest absolute Gasteiger partial charge is 0.325 e. The average molecular weight is 462 g/mol. The minimum Gasteiger partial charge on any atom is -0.325 e.